The second-order valence-corrected chi connectivity index (χ2v) is 11.1. The number of carboxylic acids is 2. The third kappa shape index (κ3) is 18.4. The van der Waals surface area contributed by atoms with Gasteiger partial charge in [-0.1, -0.05) is 0 Å². The van der Waals surface area contributed by atoms with E-state index in [9.17, 15) is 73.3 Å². The first kappa shape index (κ1) is 43.7. The van der Waals surface area contributed by atoms with E-state index in [1.165, 1.54) is 0 Å². The van der Waals surface area contributed by atoms with E-state index in [0.29, 0.717) is 13.8 Å². The number of halogens is 10. The Balaban J connectivity index is -0.000000536. The average molecular weight is 660 g/mol. The summed E-state index contributed by atoms with van der Waals surface area (Å²) in [4.78, 5) is 41.0. The first-order valence-corrected chi connectivity index (χ1v) is 12.4. The molecule has 2 atom stereocenters. The molecular formula is C22H30F10O8Ti. The molecule has 0 bridgehead atoms. The van der Waals surface area contributed by atoms with Crippen LogP contribution in [0.3, 0.4) is 0 Å². The van der Waals surface area contributed by atoms with E-state index in [2.05, 4.69) is 0 Å². The average Bonchev–Trinajstić information content (AvgIpc) is 2.68. The molecule has 0 heterocycles. The second-order valence-electron chi connectivity index (χ2n) is 10.2. The Hall–Kier alpha value is -1.79. The summed E-state index contributed by atoms with van der Waals surface area (Å²) in [5.41, 5.74) is -0.101. The molecule has 0 radical (unpaired) electrons. The summed E-state index contributed by atoms with van der Waals surface area (Å²) in [6, 6.07) is 0. The van der Waals surface area contributed by atoms with E-state index in [-0.39, 0.29) is 11.2 Å². The second kappa shape index (κ2) is 16.2. The zero-order chi connectivity index (χ0) is 34.0. The van der Waals surface area contributed by atoms with Crippen molar-refractivity contribution >= 4 is 23.5 Å². The van der Waals surface area contributed by atoms with Gasteiger partial charge in [0.05, 0.1) is 11.8 Å². The van der Waals surface area contributed by atoms with Gasteiger partial charge in [0.1, 0.15) is 11.6 Å². The normalized spacial score (nSPS) is 14.3. The minimum absolute atomic E-state index is 0.0503. The van der Waals surface area contributed by atoms with Crippen LogP contribution in [0.5, 0.6) is 0 Å². The molecule has 0 fully saturated rings. The maximum absolute atomic E-state index is 12.5. The molecule has 0 rings (SSSR count). The van der Waals surface area contributed by atoms with Crippen molar-refractivity contribution in [3.63, 3.8) is 0 Å². The third-order valence-corrected chi connectivity index (χ3v) is 6.32. The summed E-state index contributed by atoms with van der Waals surface area (Å²) in [5, 5.41) is 19.7. The molecule has 240 valence electrons. The number of aliphatic carboxylic acids is 2. The Labute approximate surface area is 239 Å². The summed E-state index contributed by atoms with van der Waals surface area (Å²) >= 11 is -0.681. The number of Topliss-reactive ketones (excluding diaryl/α,β-unsaturated/α-hetero) is 2. The van der Waals surface area contributed by atoms with Crippen LogP contribution in [0, 0.1) is 11.8 Å². The van der Waals surface area contributed by atoms with Gasteiger partial charge in [-0.3, -0.25) is 9.59 Å². The van der Waals surface area contributed by atoms with E-state index in [1.54, 1.807) is 0 Å². The van der Waals surface area contributed by atoms with Gasteiger partial charge in [0, 0.05) is 24.8 Å². The first-order chi connectivity index (χ1) is 17.7. The molecule has 19 heteroatoms. The van der Waals surface area contributed by atoms with Gasteiger partial charge in [0.15, 0.2) is 0 Å². The predicted molar refractivity (Wildman–Crippen MR) is 111 cm³/mol. The van der Waals surface area contributed by atoms with Crippen LogP contribution >= 0.6 is 0 Å². The van der Waals surface area contributed by atoms with Crippen molar-refractivity contribution in [2.24, 2.45) is 11.8 Å². The Morgan fingerprint density at radius 2 is 0.805 bits per heavy atom. The zero-order valence-electron chi connectivity index (χ0n) is 23.1. The number of alkyl halides is 10. The molecule has 0 aliphatic rings. The first-order valence-electron chi connectivity index (χ1n) is 11.2. The number of carbonyl (C=O) groups excluding carboxylic acids is 4. The van der Waals surface area contributed by atoms with Gasteiger partial charge in [-0.2, -0.15) is 43.9 Å². The molecule has 0 aliphatic carbocycles. The van der Waals surface area contributed by atoms with Crippen molar-refractivity contribution in [3.05, 3.63) is 0 Å². The summed E-state index contributed by atoms with van der Waals surface area (Å²) < 4.78 is 131. The maximum atomic E-state index is 12.5. The molecule has 0 amide bonds. The standard InChI is InChI=1S/2C7H7F5O3.2C4H9O.Ti/c2*1-3(4(13)2-5(14)15)6(8,9)7(10,11)12;2*1-4(2,3)5;/h2*3H,2H2,1H3,(H,14,15);2*1-3H3;/q;;2*-1;+4/p-2. The Morgan fingerprint density at radius 1 is 0.585 bits per heavy atom. The van der Waals surface area contributed by atoms with Crippen molar-refractivity contribution in [2.75, 3.05) is 0 Å². The molecule has 0 saturated carbocycles. The molecule has 0 spiro atoms. The van der Waals surface area contributed by atoms with Gasteiger partial charge in [-0.05, 0) is 13.8 Å². The van der Waals surface area contributed by atoms with Crippen molar-refractivity contribution < 1.29 is 99.9 Å². The molecular weight excluding hydrogens is 630 g/mol. The van der Waals surface area contributed by atoms with Crippen LogP contribution in [0.15, 0.2) is 0 Å². The van der Waals surface area contributed by atoms with Crippen LogP contribution in [0.4, 0.5) is 43.9 Å². The van der Waals surface area contributed by atoms with E-state index in [1.807, 2.05) is 41.5 Å². The van der Waals surface area contributed by atoms with Crippen LogP contribution in [0.1, 0.15) is 68.2 Å². The minimum atomic E-state index is -5.88. The molecule has 8 nitrogen and oxygen atoms in total. The van der Waals surface area contributed by atoms with E-state index in [4.69, 9.17) is 6.64 Å². The molecule has 41 heavy (non-hydrogen) atoms. The number of carbonyl (C=O) groups is 4. The van der Waals surface area contributed by atoms with Gasteiger partial charge >= 0.3 is 104 Å². The molecule has 2 unspecified atom stereocenters. The molecule has 0 N–H and O–H groups in total. The van der Waals surface area contributed by atoms with Crippen LogP contribution in [-0.2, 0) is 45.7 Å². The van der Waals surface area contributed by atoms with Crippen molar-refractivity contribution in [1.82, 2.24) is 0 Å². The van der Waals surface area contributed by atoms with Crippen molar-refractivity contribution in [1.29, 1.82) is 0 Å². The number of hydrogen-bond donors (Lipinski definition) is 0. The number of carboxylic acid groups (broad SMARTS) is 2. The van der Waals surface area contributed by atoms with E-state index in [0.717, 1.165) is 0 Å². The van der Waals surface area contributed by atoms with Crippen LogP contribution in [0.2, 0.25) is 0 Å². The van der Waals surface area contributed by atoms with Gasteiger partial charge in [0.25, 0.3) is 0 Å². The number of hydrogen-bond acceptors (Lipinski definition) is 8. The molecule has 0 aromatic rings. The Morgan fingerprint density at radius 3 is 0.951 bits per heavy atom. The summed E-state index contributed by atoms with van der Waals surface area (Å²) in [7, 11) is 0. The van der Waals surface area contributed by atoms with Crippen LogP contribution in [-0.4, -0.2) is 58.9 Å². The third-order valence-electron chi connectivity index (χ3n) is 4.14. The van der Waals surface area contributed by atoms with Crippen LogP contribution in [0.25, 0.3) is 0 Å². The Bertz CT molecular complexity index is 806. The summed E-state index contributed by atoms with van der Waals surface area (Å²) in [6.07, 6.45) is -14.7. The van der Waals surface area contributed by atoms with Crippen LogP contribution < -0.4 is 10.2 Å². The quantitative estimate of drug-likeness (QED) is 0.197. The number of rotatable bonds is 10. The van der Waals surface area contributed by atoms with E-state index < -0.39 is 92.3 Å². The van der Waals surface area contributed by atoms with Crippen molar-refractivity contribution in [2.45, 2.75) is 104 Å². The molecule has 0 aliphatic heterocycles. The molecule has 0 saturated heterocycles. The zero-order valence-corrected chi connectivity index (χ0v) is 24.7. The van der Waals surface area contributed by atoms with Gasteiger partial charge in [-0.25, -0.2) is 0 Å². The summed E-state index contributed by atoms with van der Waals surface area (Å²) in [5.74, 6) is -23.4. The van der Waals surface area contributed by atoms with Crippen molar-refractivity contribution in [3.8, 4) is 0 Å². The monoisotopic (exact) mass is 660 g/mol. The molecule has 0 aromatic heterocycles. The summed E-state index contributed by atoms with van der Waals surface area (Å²) in [6.45, 7) is 12.9. The predicted octanol–water partition coefficient (Wildman–Crippen LogP) is 3.59. The fourth-order valence-corrected chi connectivity index (χ4v) is 2.60. The number of ketones is 2. The Kier molecular flexibility index (Phi) is 17.2. The molecule has 0 aromatic carbocycles. The topological polar surface area (TPSA) is 133 Å². The van der Waals surface area contributed by atoms with E-state index >= 15 is 0 Å². The van der Waals surface area contributed by atoms with Gasteiger partial charge < -0.3 is 19.8 Å². The SMILES string of the molecule is CC(C(=O)CC(=O)[O-])C(F)(F)C(F)(F)F.CC(C(=O)CC(=O)[O-])C(F)(F)C(F)(F)F.CC(C)(C)[O][Ti+2][O]C(C)(C)C. The van der Waals surface area contributed by atoms with Gasteiger partial charge in [-0.15, -0.1) is 0 Å². The van der Waals surface area contributed by atoms with Gasteiger partial charge in [0.2, 0.25) is 0 Å². The fraction of sp³-hybridized carbons (Fsp3) is 0.818. The fourth-order valence-electron chi connectivity index (χ4n) is 1.76.